The van der Waals surface area contributed by atoms with Crippen molar-refractivity contribution in [1.82, 2.24) is 9.62 Å². The summed E-state index contributed by atoms with van der Waals surface area (Å²) in [5, 5.41) is 0. The first-order valence-corrected chi connectivity index (χ1v) is 11.1. The first kappa shape index (κ1) is 20.4. The number of likely N-dealkylation sites (tertiary alicyclic amines) is 1. The van der Waals surface area contributed by atoms with E-state index in [2.05, 4.69) is 4.72 Å². The van der Waals surface area contributed by atoms with Crippen molar-refractivity contribution in [2.24, 2.45) is 0 Å². The van der Waals surface area contributed by atoms with E-state index in [0.29, 0.717) is 18.7 Å². The standard InChI is InChI=1S/C21H26N2O4S/c24-21(23-15-5-2-6-16-23)17-27-19-9-11-20(12-10-19)28(25,26)22-14-13-18-7-3-1-4-8-18/h1,3-4,7-12,22H,2,5-6,13-17H2. The molecule has 1 amide bonds. The van der Waals surface area contributed by atoms with E-state index in [1.807, 2.05) is 35.2 Å². The third kappa shape index (κ3) is 5.81. The minimum atomic E-state index is -3.58. The van der Waals surface area contributed by atoms with Gasteiger partial charge in [-0.2, -0.15) is 0 Å². The molecule has 1 heterocycles. The molecule has 0 spiro atoms. The van der Waals surface area contributed by atoms with Crippen molar-refractivity contribution in [2.75, 3.05) is 26.2 Å². The molecule has 2 aromatic carbocycles. The smallest absolute Gasteiger partial charge is 0.260 e. The maximum absolute atomic E-state index is 12.4. The van der Waals surface area contributed by atoms with E-state index < -0.39 is 10.0 Å². The number of hydrogen-bond donors (Lipinski definition) is 1. The number of nitrogens with zero attached hydrogens (tertiary/aromatic N) is 1. The van der Waals surface area contributed by atoms with Gasteiger partial charge in [0.15, 0.2) is 6.61 Å². The molecule has 1 aliphatic rings. The molecule has 1 fully saturated rings. The third-order valence-electron chi connectivity index (χ3n) is 4.75. The topological polar surface area (TPSA) is 75.7 Å². The van der Waals surface area contributed by atoms with Gasteiger partial charge in [-0.1, -0.05) is 30.3 Å². The minimum Gasteiger partial charge on any atom is -0.484 e. The largest absolute Gasteiger partial charge is 0.484 e. The number of amides is 1. The van der Waals surface area contributed by atoms with E-state index in [4.69, 9.17) is 4.74 Å². The molecule has 0 unspecified atom stereocenters. The maximum Gasteiger partial charge on any atom is 0.260 e. The molecular formula is C21H26N2O4S. The quantitative estimate of drug-likeness (QED) is 0.736. The number of sulfonamides is 1. The Morgan fingerprint density at radius 1 is 0.964 bits per heavy atom. The van der Waals surface area contributed by atoms with Crippen molar-refractivity contribution >= 4 is 15.9 Å². The second kappa shape index (κ2) is 9.71. The van der Waals surface area contributed by atoms with Crippen LogP contribution in [0.1, 0.15) is 24.8 Å². The highest BCUT2D eigenvalue weighted by Gasteiger charge is 2.17. The van der Waals surface area contributed by atoms with E-state index in [0.717, 1.165) is 31.5 Å². The molecule has 0 saturated carbocycles. The number of carbonyl (C=O) groups is 1. The van der Waals surface area contributed by atoms with Crippen LogP contribution in [0, 0.1) is 0 Å². The van der Waals surface area contributed by atoms with Gasteiger partial charge in [-0.25, -0.2) is 13.1 Å². The second-order valence-electron chi connectivity index (χ2n) is 6.83. The van der Waals surface area contributed by atoms with E-state index in [1.165, 1.54) is 18.6 Å². The summed E-state index contributed by atoms with van der Waals surface area (Å²) >= 11 is 0. The van der Waals surface area contributed by atoms with E-state index in [-0.39, 0.29) is 17.4 Å². The van der Waals surface area contributed by atoms with Gasteiger partial charge in [0.25, 0.3) is 5.91 Å². The predicted octanol–water partition coefficient (Wildman–Crippen LogP) is 2.60. The number of piperidine rings is 1. The maximum atomic E-state index is 12.4. The zero-order valence-electron chi connectivity index (χ0n) is 15.8. The number of nitrogens with one attached hydrogen (secondary N) is 1. The zero-order chi connectivity index (χ0) is 19.8. The molecule has 1 aliphatic heterocycles. The monoisotopic (exact) mass is 402 g/mol. The van der Waals surface area contributed by atoms with Gasteiger partial charge in [0, 0.05) is 19.6 Å². The van der Waals surface area contributed by atoms with Crippen LogP contribution in [0.3, 0.4) is 0 Å². The molecule has 28 heavy (non-hydrogen) atoms. The summed E-state index contributed by atoms with van der Waals surface area (Å²) in [6, 6.07) is 15.9. The van der Waals surface area contributed by atoms with E-state index in [9.17, 15) is 13.2 Å². The summed E-state index contributed by atoms with van der Waals surface area (Å²) < 4.78 is 32.9. The third-order valence-corrected chi connectivity index (χ3v) is 6.23. The highest BCUT2D eigenvalue weighted by atomic mass is 32.2. The lowest BCUT2D eigenvalue weighted by Gasteiger charge is -2.26. The summed E-state index contributed by atoms with van der Waals surface area (Å²) in [4.78, 5) is 14.1. The molecule has 0 bridgehead atoms. The summed E-state index contributed by atoms with van der Waals surface area (Å²) in [6.07, 6.45) is 3.87. The Hall–Kier alpha value is -2.38. The van der Waals surface area contributed by atoms with Crippen LogP contribution in [0.2, 0.25) is 0 Å². The van der Waals surface area contributed by atoms with Gasteiger partial charge in [0.2, 0.25) is 10.0 Å². The molecule has 3 rings (SSSR count). The molecule has 7 heteroatoms. The highest BCUT2D eigenvalue weighted by molar-refractivity contribution is 7.89. The highest BCUT2D eigenvalue weighted by Crippen LogP contribution is 2.16. The summed E-state index contributed by atoms with van der Waals surface area (Å²) in [5.74, 6) is 0.451. The average Bonchev–Trinajstić information content (AvgIpc) is 2.73. The first-order chi connectivity index (χ1) is 13.5. The van der Waals surface area contributed by atoms with Crippen LogP contribution >= 0.6 is 0 Å². The lowest BCUT2D eigenvalue weighted by Crippen LogP contribution is -2.38. The van der Waals surface area contributed by atoms with E-state index in [1.54, 1.807) is 12.1 Å². The molecule has 0 atom stereocenters. The fourth-order valence-corrected chi connectivity index (χ4v) is 4.18. The van der Waals surface area contributed by atoms with Crippen LogP contribution in [0.4, 0.5) is 0 Å². The van der Waals surface area contributed by atoms with Crippen LogP contribution in [-0.4, -0.2) is 45.5 Å². The van der Waals surface area contributed by atoms with Gasteiger partial charge in [-0.15, -0.1) is 0 Å². The lowest BCUT2D eigenvalue weighted by atomic mass is 10.1. The number of rotatable bonds is 8. The molecule has 0 radical (unpaired) electrons. The van der Waals surface area contributed by atoms with Gasteiger partial charge in [0.1, 0.15) is 5.75 Å². The Morgan fingerprint density at radius 3 is 2.32 bits per heavy atom. The van der Waals surface area contributed by atoms with Crippen molar-refractivity contribution in [3.8, 4) is 5.75 Å². The second-order valence-corrected chi connectivity index (χ2v) is 8.60. The van der Waals surface area contributed by atoms with Crippen LogP contribution in [0.25, 0.3) is 0 Å². The average molecular weight is 403 g/mol. The molecule has 0 aliphatic carbocycles. The van der Waals surface area contributed by atoms with Gasteiger partial charge in [0.05, 0.1) is 4.90 Å². The SMILES string of the molecule is O=C(COc1ccc(S(=O)(=O)NCCc2ccccc2)cc1)N1CCCCC1. The van der Waals surface area contributed by atoms with Crippen LogP contribution in [0.5, 0.6) is 5.75 Å². The number of hydrogen-bond acceptors (Lipinski definition) is 4. The van der Waals surface area contributed by atoms with Crippen LogP contribution in [0.15, 0.2) is 59.5 Å². The van der Waals surface area contributed by atoms with Crippen molar-refractivity contribution in [3.05, 3.63) is 60.2 Å². The predicted molar refractivity (Wildman–Crippen MR) is 108 cm³/mol. The van der Waals surface area contributed by atoms with Gasteiger partial charge in [-0.05, 0) is 55.5 Å². The van der Waals surface area contributed by atoms with Crippen LogP contribution in [-0.2, 0) is 21.2 Å². The van der Waals surface area contributed by atoms with Crippen molar-refractivity contribution in [3.63, 3.8) is 0 Å². The van der Waals surface area contributed by atoms with E-state index >= 15 is 0 Å². The van der Waals surface area contributed by atoms with Gasteiger partial charge in [-0.3, -0.25) is 4.79 Å². The molecular weight excluding hydrogens is 376 g/mol. The minimum absolute atomic E-state index is 0.0264. The molecule has 6 nitrogen and oxygen atoms in total. The van der Waals surface area contributed by atoms with Gasteiger partial charge < -0.3 is 9.64 Å². The summed E-state index contributed by atoms with van der Waals surface area (Å²) in [6.45, 7) is 1.87. The molecule has 150 valence electrons. The number of benzene rings is 2. The first-order valence-electron chi connectivity index (χ1n) is 9.59. The Morgan fingerprint density at radius 2 is 1.64 bits per heavy atom. The fraction of sp³-hybridized carbons (Fsp3) is 0.381. The van der Waals surface area contributed by atoms with Crippen molar-refractivity contribution in [2.45, 2.75) is 30.6 Å². The number of carbonyl (C=O) groups excluding carboxylic acids is 1. The van der Waals surface area contributed by atoms with Crippen LogP contribution < -0.4 is 9.46 Å². The zero-order valence-corrected chi connectivity index (χ0v) is 16.7. The summed E-state index contributed by atoms with van der Waals surface area (Å²) in [5.41, 5.74) is 1.08. The number of ether oxygens (including phenoxy) is 1. The molecule has 0 aromatic heterocycles. The lowest BCUT2D eigenvalue weighted by molar-refractivity contribution is -0.134. The van der Waals surface area contributed by atoms with Crippen molar-refractivity contribution in [1.29, 1.82) is 0 Å². The Balaban J connectivity index is 1.49. The Kier molecular flexibility index (Phi) is 7.06. The Bertz CT molecular complexity index is 861. The molecule has 2 aromatic rings. The fourth-order valence-electron chi connectivity index (χ4n) is 3.15. The van der Waals surface area contributed by atoms with Crippen molar-refractivity contribution < 1.29 is 17.9 Å². The molecule has 1 saturated heterocycles. The summed E-state index contributed by atoms with van der Waals surface area (Å²) in [7, 11) is -3.58. The molecule has 1 N–H and O–H groups in total. The van der Waals surface area contributed by atoms with Gasteiger partial charge >= 0.3 is 0 Å². The Labute approximate surface area is 166 Å². The normalized spacial score (nSPS) is 14.6.